The van der Waals surface area contributed by atoms with Crippen LogP contribution in [0, 0.1) is 10.2 Å². The molecule has 122 valence electrons. The largest absolute Gasteiger partial charge is 0.364 e. The lowest BCUT2D eigenvalue weighted by atomic mass is 9.82. The molecule has 1 aromatic carbocycles. The van der Waals surface area contributed by atoms with Crippen LogP contribution in [0.15, 0.2) is 24.3 Å². The van der Waals surface area contributed by atoms with Gasteiger partial charge in [-0.1, -0.05) is 18.2 Å². The maximum atomic E-state index is 11.4. The molecule has 0 bridgehead atoms. The van der Waals surface area contributed by atoms with E-state index in [-0.39, 0.29) is 17.4 Å². The SMILES string of the molecule is CC1=[N+](C(C)C(N)=O)c2ccccc2C1(C)C.[O-][Cl+3]([O-])([O-])[O-]. The quantitative estimate of drug-likeness (QED) is 0.584. The number of hydrogen-bond donors (Lipinski definition) is 1. The van der Waals surface area contributed by atoms with Gasteiger partial charge in [-0.3, -0.25) is 4.79 Å². The van der Waals surface area contributed by atoms with E-state index in [1.54, 1.807) is 0 Å². The molecular formula is C14H19ClN2O5. The molecule has 2 rings (SSSR count). The van der Waals surface area contributed by atoms with E-state index < -0.39 is 10.2 Å². The average Bonchev–Trinajstić information content (AvgIpc) is 2.56. The summed E-state index contributed by atoms with van der Waals surface area (Å²) in [5, 5.41) is 0. The molecule has 22 heavy (non-hydrogen) atoms. The fourth-order valence-electron chi connectivity index (χ4n) is 2.52. The second-order valence-corrected chi connectivity index (χ2v) is 6.31. The van der Waals surface area contributed by atoms with E-state index >= 15 is 0 Å². The molecule has 0 saturated heterocycles. The summed E-state index contributed by atoms with van der Waals surface area (Å²) in [6.07, 6.45) is 0. The van der Waals surface area contributed by atoms with Crippen LogP contribution in [0.1, 0.15) is 33.3 Å². The Labute approximate surface area is 131 Å². The predicted molar refractivity (Wildman–Crippen MR) is 68.7 cm³/mol. The van der Waals surface area contributed by atoms with Gasteiger partial charge < -0.3 is 5.73 Å². The minimum absolute atomic E-state index is 0.0414. The molecule has 1 unspecified atom stereocenters. The van der Waals surface area contributed by atoms with E-state index in [9.17, 15) is 4.79 Å². The first kappa shape index (κ1) is 18.5. The zero-order chi connectivity index (χ0) is 17.3. The Morgan fingerprint density at radius 1 is 1.23 bits per heavy atom. The van der Waals surface area contributed by atoms with Crippen molar-refractivity contribution in [3.05, 3.63) is 29.8 Å². The number of benzene rings is 1. The van der Waals surface area contributed by atoms with Crippen LogP contribution >= 0.6 is 0 Å². The number of carbonyl (C=O) groups is 1. The van der Waals surface area contributed by atoms with E-state index in [0.29, 0.717) is 0 Å². The van der Waals surface area contributed by atoms with Gasteiger partial charge in [-0.05, 0) is 13.8 Å². The number of rotatable bonds is 2. The van der Waals surface area contributed by atoms with Gasteiger partial charge in [0.2, 0.25) is 11.7 Å². The van der Waals surface area contributed by atoms with Gasteiger partial charge in [0.05, 0.1) is 5.41 Å². The number of primary amides is 1. The second kappa shape index (κ2) is 6.31. The van der Waals surface area contributed by atoms with Gasteiger partial charge in [0.25, 0.3) is 5.91 Å². The molecule has 1 aliphatic rings. The smallest absolute Gasteiger partial charge is 0.286 e. The number of para-hydroxylation sites is 1. The van der Waals surface area contributed by atoms with Gasteiger partial charge in [0.1, 0.15) is 0 Å². The van der Waals surface area contributed by atoms with E-state index in [4.69, 9.17) is 24.4 Å². The number of fused-ring (bicyclic) bond motifs is 1. The van der Waals surface area contributed by atoms with Crippen LogP contribution in [0.5, 0.6) is 0 Å². The zero-order valence-electron chi connectivity index (χ0n) is 12.8. The van der Waals surface area contributed by atoms with Gasteiger partial charge in [0.15, 0.2) is 5.71 Å². The summed E-state index contributed by atoms with van der Waals surface area (Å²) in [7, 11) is -4.94. The van der Waals surface area contributed by atoms with Gasteiger partial charge in [0, 0.05) is 25.5 Å². The zero-order valence-corrected chi connectivity index (χ0v) is 13.6. The first-order chi connectivity index (χ1) is 9.87. The minimum atomic E-state index is -4.94. The summed E-state index contributed by atoms with van der Waals surface area (Å²) >= 11 is 0. The third kappa shape index (κ3) is 4.02. The van der Waals surface area contributed by atoms with Crippen molar-refractivity contribution < 1.29 is 38.2 Å². The number of carbonyl (C=O) groups excluding carboxylic acids is 1. The molecule has 1 amide bonds. The molecule has 0 aliphatic carbocycles. The van der Waals surface area contributed by atoms with Crippen LogP contribution in [0.2, 0.25) is 0 Å². The molecule has 8 heteroatoms. The third-order valence-electron chi connectivity index (χ3n) is 3.90. The third-order valence-corrected chi connectivity index (χ3v) is 3.90. The number of nitrogens with zero attached hydrogens (tertiary/aromatic N) is 1. The molecule has 0 saturated carbocycles. The highest BCUT2D eigenvalue weighted by Gasteiger charge is 2.45. The Morgan fingerprint density at radius 2 is 1.68 bits per heavy atom. The van der Waals surface area contributed by atoms with Crippen molar-refractivity contribution >= 4 is 17.3 Å². The van der Waals surface area contributed by atoms with Crippen molar-refractivity contribution in [2.24, 2.45) is 5.73 Å². The maximum Gasteiger partial charge on any atom is 0.286 e. The van der Waals surface area contributed by atoms with Gasteiger partial charge >= 0.3 is 0 Å². The Kier molecular flexibility index (Phi) is 5.32. The molecule has 0 fully saturated rings. The lowest BCUT2D eigenvalue weighted by molar-refractivity contribution is -2.00. The van der Waals surface area contributed by atoms with Crippen molar-refractivity contribution in [1.82, 2.24) is 0 Å². The molecule has 0 spiro atoms. The molecule has 0 radical (unpaired) electrons. The lowest BCUT2D eigenvalue weighted by Gasteiger charge is -2.17. The second-order valence-electron chi connectivity index (χ2n) is 5.55. The summed E-state index contributed by atoms with van der Waals surface area (Å²) < 4.78 is 36.0. The van der Waals surface area contributed by atoms with Crippen LogP contribution in [-0.4, -0.2) is 22.2 Å². The highest BCUT2D eigenvalue weighted by molar-refractivity contribution is 5.94. The fraction of sp³-hybridized carbons (Fsp3) is 0.429. The molecular weight excluding hydrogens is 312 g/mol. The van der Waals surface area contributed by atoms with Gasteiger partial charge in [-0.2, -0.15) is 4.58 Å². The Morgan fingerprint density at radius 3 is 2.14 bits per heavy atom. The monoisotopic (exact) mass is 330 g/mol. The van der Waals surface area contributed by atoms with Crippen LogP contribution in [0.25, 0.3) is 0 Å². The molecule has 1 atom stereocenters. The van der Waals surface area contributed by atoms with Gasteiger partial charge in [-0.25, -0.2) is 18.6 Å². The van der Waals surface area contributed by atoms with Crippen LogP contribution in [0.3, 0.4) is 0 Å². The van der Waals surface area contributed by atoms with Crippen LogP contribution in [-0.2, 0) is 10.2 Å². The van der Waals surface area contributed by atoms with Crippen LogP contribution < -0.4 is 24.4 Å². The molecule has 7 nitrogen and oxygen atoms in total. The average molecular weight is 331 g/mol. The summed E-state index contributed by atoms with van der Waals surface area (Å²) in [4.78, 5) is 11.4. The van der Waals surface area contributed by atoms with Crippen molar-refractivity contribution in [1.29, 1.82) is 0 Å². The molecule has 1 aliphatic heterocycles. The van der Waals surface area contributed by atoms with Crippen molar-refractivity contribution in [3.8, 4) is 0 Å². The van der Waals surface area contributed by atoms with Crippen molar-refractivity contribution in [2.75, 3.05) is 0 Å². The summed E-state index contributed by atoms with van der Waals surface area (Å²) in [6.45, 7) is 8.27. The summed E-state index contributed by atoms with van der Waals surface area (Å²) in [6, 6.07) is 7.89. The minimum Gasteiger partial charge on any atom is -0.364 e. The standard InChI is InChI=1S/C14H18N2O.ClHO4/c1-9(13(15)17)16-10(2)14(3,4)11-7-5-6-8-12(11)16;2-1(3,4)5/h5-9H,1-4H3,(H-,15,17);(H,2,3,4,5). The molecule has 1 aromatic rings. The topological polar surface area (TPSA) is 138 Å². The number of halogens is 1. The normalized spacial score (nSPS) is 17.5. The number of amides is 1. The Bertz CT molecular complexity index is 601. The predicted octanol–water partition coefficient (Wildman–Crippen LogP) is -2.80. The first-order valence-corrected chi connectivity index (χ1v) is 7.74. The highest BCUT2D eigenvalue weighted by Crippen LogP contribution is 2.39. The Balaban J connectivity index is 0.000000422. The van der Waals surface area contributed by atoms with Crippen LogP contribution in [0.4, 0.5) is 5.69 Å². The van der Waals surface area contributed by atoms with Crippen molar-refractivity contribution in [2.45, 2.75) is 39.2 Å². The maximum absolute atomic E-state index is 11.4. The fourth-order valence-corrected chi connectivity index (χ4v) is 2.52. The summed E-state index contributed by atoms with van der Waals surface area (Å²) in [5.41, 5.74) is 8.91. The number of nitrogens with two attached hydrogens (primary N) is 1. The molecule has 2 N–H and O–H groups in total. The van der Waals surface area contributed by atoms with Crippen molar-refractivity contribution in [3.63, 3.8) is 0 Å². The summed E-state index contributed by atoms with van der Waals surface area (Å²) in [5.74, 6) is -0.295. The first-order valence-electron chi connectivity index (χ1n) is 6.51. The van der Waals surface area contributed by atoms with E-state index in [1.165, 1.54) is 11.3 Å². The Hall–Kier alpha value is -1.51. The lowest BCUT2D eigenvalue weighted by Crippen LogP contribution is -2.68. The van der Waals surface area contributed by atoms with E-state index in [0.717, 1.165) is 5.69 Å². The van der Waals surface area contributed by atoms with E-state index in [2.05, 4.69) is 31.4 Å². The van der Waals surface area contributed by atoms with Gasteiger partial charge in [-0.15, -0.1) is 10.2 Å². The molecule has 0 aromatic heterocycles. The molecule has 1 heterocycles. The highest BCUT2D eigenvalue weighted by atomic mass is 35.7. The van der Waals surface area contributed by atoms with E-state index in [1.807, 2.05) is 25.1 Å². The number of hydrogen-bond acceptors (Lipinski definition) is 5.